The monoisotopic (exact) mass is 247 g/mol. The molecule has 0 aliphatic heterocycles. The number of rotatable bonds is 6. The molecule has 0 aromatic carbocycles. The first-order valence-electron chi connectivity index (χ1n) is 6.31. The highest BCUT2D eigenvalue weighted by molar-refractivity contribution is 5.46. The van der Waals surface area contributed by atoms with E-state index in [9.17, 15) is 0 Å². The van der Waals surface area contributed by atoms with Crippen molar-refractivity contribution in [2.45, 2.75) is 52.0 Å². The number of hydrogen-bond acceptors (Lipinski definition) is 2. The Balaban J connectivity index is 0.000000494. The number of aromatic amines is 1. The molecule has 1 aromatic heterocycles. The Morgan fingerprint density at radius 1 is 1.44 bits per heavy atom. The van der Waals surface area contributed by atoms with Gasteiger partial charge in [0.2, 0.25) is 6.33 Å². The zero-order valence-electron chi connectivity index (χ0n) is 11.1. The minimum absolute atomic E-state index is 0.692. The van der Waals surface area contributed by atoms with Crippen LogP contribution < -0.4 is 4.57 Å². The van der Waals surface area contributed by atoms with Gasteiger partial charge < -0.3 is 10.4 Å². The van der Waals surface area contributed by atoms with Gasteiger partial charge in [-0.2, -0.15) is 5.26 Å². The average Bonchev–Trinajstić information content (AvgIpc) is 2.90. The maximum atomic E-state index is 7.43. The topological polar surface area (TPSA) is 78.1 Å². The van der Waals surface area contributed by atoms with Gasteiger partial charge in [-0.1, -0.05) is 26.7 Å². The molecule has 0 spiro atoms. The number of nitrogens with one attached hydrogen (secondary N) is 1. The number of hydrogen-bond donors (Lipinski definition) is 1. The Labute approximate surface area is 109 Å². The van der Waals surface area contributed by atoms with Crippen LogP contribution in [0.15, 0.2) is 23.7 Å². The summed E-state index contributed by atoms with van der Waals surface area (Å²) < 4.78 is 2.29. The van der Waals surface area contributed by atoms with Gasteiger partial charge in [0.05, 0.1) is 6.19 Å². The molecule has 1 aromatic rings. The number of nitriles is 1. The van der Waals surface area contributed by atoms with E-state index < -0.39 is 0 Å². The molecule has 0 aliphatic rings. The van der Waals surface area contributed by atoms with E-state index in [4.69, 9.17) is 10.7 Å². The fourth-order valence-electron chi connectivity index (χ4n) is 1.74. The van der Waals surface area contributed by atoms with E-state index in [2.05, 4.69) is 40.9 Å². The quantitative estimate of drug-likeness (QED) is 0.356. The van der Waals surface area contributed by atoms with Gasteiger partial charge in [0.25, 0.3) is 0 Å². The molecule has 0 radical (unpaired) electrons. The highest BCUT2D eigenvalue weighted by Crippen LogP contribution is 2.12. The number of unbranched alkanes of at least 4 members (excludes halogenated alkanes) is 2. The first kappa shape index (κ1) is 16.1. The van der Waals surface area contributed by atoms with Gasteiger partial charge in [0.15, 0.2) is 0 Å². The van der Waals surface area contributed by atoms with Crippen LogP contribution in [-0.2, 0) is 0 Å². The van der Waals surface area contributed by atoms with Crippen molar-refractivity contribution in [2.24, 2.45) is 4.99 Å². The second kappa shape index (κ2) is 11.6. The number of nitrogens with zero attached hydrogens (tertiary/aromatic N) is 4. The third kappa shape index (κ3) is 7.37. The summed E-state index contributed by atoms with van der Waals surface area (Å²) in [6, 6.07) is 1.97. The number of imidazole rings is 1. The second-order valence-electron chi connectivity index (χ2n) is 3.93. The zero-order valence-corrected chi connectivity index (χ0v) is 11.1. The third-order valence-electron chi connectivity index (χ3n) is 2.70. The fraction of sp³-hybridized carbons (Fsp3) is 0.615. The highest BCUT2D eigenvalue weighted by Gasteiger charge is 2.11. The lowest BCUT2D eigenvalue weighted by Crippen LogP contribution is -2.36. The lowest BCUT2D eigenvalue weighted by atomic mass is 10.1. The molecule has 1 heterocycles. The van der Waals surface area contributed by atoms with Crippen LogP contribution in [0.1, 0.15) is 52.0 Å². The summed E-state index contributed by atoms with van der Waals surface area (Å²) in [4.78, 5) is 5.68. The average molecular weight is 247 g/mol. The van der Waals surface area contributed by atoms with Crippen molar-refractivity contribution >= 4 is 6.01 Å². The van der Waals surface area contributed by atoms with Crippen LogP contribution in [0.2, 0.25) is 0 Å². The number of aromatic nitrogens is 2. The predicted octanol–water partition coefficient (Wildman–Crippen LogP) is 3.04. The smallest absolute Gasteiger partial charge is 0.241 e. The van der Waals surface area contributed by atoms with E-state index in [1.807, 2.05) is 6.20 Å². The van der Waals surface area contributed by atoms with E-state index in [0.717, 1.165) is 0 Å². The summed E-state index contributed by atoms with van der Waals surface area (Å²) in [5.41, 5.74) is 0. The molecule has 1 unspecified atom stereocenters. The van der Waals surface area contributed by atoms with E-state index in [-0.39, 0.29) is 0 Å². The van der Waals surface area contributed by atoms with Crippen molar-refractivity contribution in [1.29, 1.82) is 5.26 Å². The van der Waals surface area contributed by atoms with Gasteiger partial charge in [-0.25, -0.2) is 4.57 Å². The first-order chi connectivity index (χ1) is 8.79. The van der Waals surface area contributed by atoms with Gasteiger partial charge >= 0.3 is 0 Å². The minimum atomic E-state index is 0.692. The summed E-state index contributed by atoms with van der Waals surface area (Å²) in [6.07, 6.45) is 14.0. The van der Waals surface area contributed by atoms with Gasteiger partial charge in [-0.3, -0.25) is 4.98 Å². The normalized spacial score (nSPS) is 10.5. The van der Waals surface area contributed by atoms with Crippen LogP contribution in [0.3, 0.4) is 0 Å². The Morgan fingerprint density at radius 3 is 2.61 bits per heavy atom. The summed E-state index contributed by atoms with van der Waals surface area (Å²) in [6.45, 7) is 4.51. The van der Waals surface area contributed by atoms with E-state index >= 15 is 0 Å². The largest absolute Gasteiger partial charge is 0.422 e. The standard InChI is InChI=1S/C11H20N2.C2N3/c1-3-5-6-7-11(4-2)13-9-8-12-10-13;3-1-5-2-4/h8-11H,3-7H2,1-2H3;/q;-1/p+1. The highest BCUT2D eigenvalue weighted by atomic mass is 15.0. The van der Waals surface area contributed by atoms with Crippen LogP contribution in [-0.4, -0.2) is 11.0 Å². The molecule has 5 heteroatoms. The van der Waals surface area contributed by atoms with Crippen molar-refractivity contribution in [3.8, 4) is 6.19 Å². The maximum Gasteiger partial charge on any atom is 0.241 e. The Morgan fingerprint density at radius 2 is 2.22 bits per heavy atom. The van der Waals surface area contributed by atoms with Gasteiger partial charge in [0, 0.05) is 0 Å². The molecular weight excluding hydrogens is 226 g/mol. The Bertz CT molecular complexity index is 371. The lowest BCUT2D eigenvalue weighted by Gasteiger charge is -2.10. The van der Waals surface area contributed by atoms with Crippen LogP contribution >= 0.6 is 0 Å². The Kier molecular flexibility index (Phi) is 10.3. The molecule has 0 aliphatic carbocycles. The zero-order chi connectivity index (χ0) is 13.6. The number of aliphatic imine (C=N–C) groups is 1. The third-order valence-corrected chi connectivity index (χ3v) is 2.70. The van der Waals surface area contributed by atoms with E-state index in [0.29, 0.717) is 6.04 Å². The summed E-state index contributed by atoms with van der Waals surface area (Å²) >= 11 is 0. The summed E-state index contributed by atoms with van der Waals surface area (Å²) in [7, 11) is 0. The predicted molar refractivity (Wildman–Crippen MR) is 70.9 cm³/mol. The molecule has 0 bridgehead atoms. The molecule has 1 N–H and O–H groups in total. The van der Waals surface area contributed by atoms with Crippen LogP contribution in [0.4, 0.5) is 0 Å². The fourth-order valence-corrected chi connectivity index (χ4v) is 1.74. The first-order valence-corrected chi connectivity index (χ1v) is 6.31. The molecule has 5 nitrogen and oxygen atoms in total. The second-order valence-corrected chi connectivity index (χ2v) is 3.93. The van der Waals surface area contributed by atoms with Crippen molar-refractivity contribution in [2.75, 3.05) is 0 Å². The Hall–Kier alpha value is -1.92. The van der Waals surface area contributed by atoms with Crippen LogP contribution in [0.25, 0.3) is 5.41 Å². The molecule has 98 valence electrons. The molecule has 18 heavy (non-hydrogen) atoms. The van der Waals surface area contributed by atoms with Gasteiger partial charge in [-0.15, -0.1) is 6.01 Å². The van der Waals surface area contributed by atoms with Crippen molar-refractivity contribution in [3.05, 3.63) is 24.1 Å². The van der Waals surface area contributed by atoms with E-state index in [1.54, 1.807) is 0 Å². The summed E-state index contributed by atoms with van der Waals surface area (Å²) in [5.74, 6) is 0. The molecule has 0 saturated carbocycles. The van der Waals surface area contributed by atoms with Gasteiger partial charge in [0.1, 0.15) is 18.4 Å². The van der Waals surface area contributed by atoms with Crippen molar-refractivity contribution in [3.63, 3.8) is 0 Å². The maximum absolute atomic E-state index is 7.43. The number of H-pyrrole nitrogens is 1. The molecular formula is C13H21N5. The molecule has 0 saturated heterocycles. The summed E-state index contributed by atoms with van der Waals surface area (Å²) in [5, 5.41) is 14.9. The van der Waals surface area contributed by atoms with Gasteiger partial charge in [-0.05, 0) is 19.3 Å². The SMILES string of the molecule is CCCCCC(CC)[n+]1cc[nH]c1.N#CN=C=[N-]. The van der Waals surface area contributed by atoms with Crippen molar-refractivity contribution in [1.82, 2.24) is 4.98 Å². The van der Waals surface area contributed by atoms with Crippen LogP contribution in [0.5, 0.6) is 0 Å². The molecule has 0 amide bonds. The minimum Gasteiger partial charge on any atom is -0.422 e. The van der Waals surface area contributed by atoms with Crippen LogP contribution in [0, 0.1) is 11.5 Å². The van der Waals surface area contributed by atoms with E-state index in [1.165, 1.54) is 44.3 Å². The molecule has 1 atom stereocenters. The molecule has 1 rings (SSSR count). The molecule has 0 fully saturated rings. The van der Waals surface area contributed by atoms with Crippen molar-refractivity contribution < 1.29 is 4.57 Å². The lowest BCUT2D eigenvalue weighted by molar-refractivity contribution is -0.722.